The van der Waals surface area contributed by atoms with E-state index in [2.05, 4.69) is 63.9 Å². The molecule has 1 amide bonds. The number of benzene rings is 2. The van der Waals surface area contributed by atoms with Crippen LogP contribution in [0.2, 0.25) is 0 Å². The van der Waals surface area contributed by atoms with E-state index in [0.717, 1.165) is 23.9 Å². The minimum absolute atomic E-state index is 0.151. The highest BCUT2D eigenvalue weighted by atomic mass is 16.1. The van der Waals surface area contributed by atoms with Crippen LogP contribution in [0, 0.1) is 11.8 Å². The maximum Gasteiger partial charge on any atom is 0.253 e. The molecule has 1 aromatic heterocycles. The molecule has 0 spiro atoms. The summed E-state index contributed by atoms with van der Waals surface area (Å²) < 4.78 is 1.49. The van der Waals surface area contributed by atoms with Gasteiger partial charge in [-0.1, -0.05) is 50.2 Å². The van der Waals surface area contributed by atoms with Crippen LogP contribution >= 0.6 is 0 Å². The zero-order valence-electron chi connectivity index (χ0n) is 17.5. The van der Waals surface area contributed by atoms with Gasteiger partial charge in [0.15, 0.2) is 0 Å². The molecule has 2 unspecified atom stereocenters. The maximum absolute atomic E-state index is 12.7. The second kappa shape index (κ2) is 9.17. The number of amides is 1. The summed E-state index contributed by atoms with van der Waals surface area (Å²) in [4.78, 5) is 15.3. The fourth-order valence-electron chi connectivity index (χ4n) is 4.36. The fourth-order valence-corrected chi connectivity index (χ4v) is 4.36. The quantitative estimate of drug-likeness (QED) is 0.683. The van der Waals surface area contributed by atoms with E-state index < -0.39 is 0 Å². The molecule has 1 N–H and O–H groups in total. The van der Waals surface area contributed by atoms with Crippen molar-refractivity contribution in [1.82, 2.24) is 30.4 Å². The van der Waals surface area contributed by atoms with Crippen molar-refractivity contribution in [3.05, 3.63) is 71.5 Å². The minimum atomic E-state index is -0.151. The Balaban J connectivity index is 1.35. The largest absolute Gasteiger partial charge is 0.348 e. The molecule has 156 valence electrons. The van der Waals surface area contributed by atoms with Gasteiger partial charge in [-0.2, -0.15) is 4.68 Å². The lowest BCUT2D eigenvalue weighted by atomic mass is 9.91. The molecule has 2 heterocycles. The Morgan fingerprint density at radius 1 is 1.03 bits per heavy atom. The molecule has 0 saturated carbocycles. The first-order valence-corrected chi connectivity index (χ1v) is 10.5. The van der Waals surface area contributed by atoms with Crippen LogP contribution in [0.25, 0.3) is 5.69 Å². The van der Waals surface area contributed by atoms with Gasteiger partial charge in [0.2, 0.25) is 0 Å². The van der Waals surface area contributed by atoms with Crippen LogP contribution in [0.1, 0.15) is 41.8 Å². The molecular formula is C23H28N6O. The standard InChI is InChI=1S/C23H28N6O/c1-17-11-18(2)14-28(13-17)15-20-9-7-19(8-10-20)12-24-23(30)21-5-3-4-6-22(21)29-16-25-26-27-29/h3-10,16-18H,11-15H2,1-2H3,(H,24,30). The normalized spacial score (nSPS) is 19.5. The molecule has 1 fully saturated rings. The van der Waals surface area contributed by atoms with E-state index in [1.54, 1.807) is 6.07 Å². The summed E-state index contributed by atoms with van der Waals surface area (Å²) in [7, 11) is 0. The lowest BCUT2D eigenvalue weighted by Gasteiger charge is -2.35. The summed E-state index contributed by atoms with van der Waals surface area (Å²) in [5.41, 5.74) is 3.58. The van der Waals surface area contributed by atoms with Gasteiger partial charge in [0, 0.05) is 26.2 Å². The molecule has 0 bridgehead atoms. The van der Waals surface area contributed by atoms with Crippen LogP contribution in [0.4, 0.5) is 0 Å². The van der Waals surface area contributed by atoms with Crippen molar-refractivity contribution in [3.63, 3.8) is 0 Å². The summed E-state index contributed by atoms with van der Waals surface area (Å²) in [6, 6.07) is 15.8. The van der Waals surface area contributed by atoms with E-state index >= 15 is 0 Å². The first-order valence-electron chi connectivity index (χ1n) is 10.5. The molecule has 7 heteroatoms. The van der Waals surface area contributed by atoms with Crippen LogP contribution in [-0.2, 0) is 13.1 Å². The summed E-state index contributed by atoms with van der Waals surface area (Å²) >= 11 is 0. The molecule has 2 atom stereocenters. The van der Waals surface area contributed by atoms with Crippen LogP contribution in [0.5, 0.6) is 0 Å². The van der Waals surface area contributed by atoms with Crippen LogP contribution in [-0.4, -0.2) is 44.1 Å². The van der Waals surface area contributed by atoms with E-state index in [4.69, 9.17) is 0 Å². The number of nitrogens with one attached hydrogen (secondary N) is 1. The van der Waals surface area contributed by atoms with E-state index in [-0.39, 0.29) is 5.91 Å². The van der Waals surface area contributed by atoms with Crippen molar-refractivity contribution in [1.29, 1.82) is 0 Å². The third-order valence-corrected chi connectivity index (χ3v) is 5.57. The molecule has 1 aliphatic rings. The number of carbonyl (C=O) groups is 1. The topological polar surface area (TPSA) is 75.9 Å². The van der Waals surface area contributed by atoms with Crippen LogP contribution in [0.15, 0.2) is 54.9 Å². The van der Waals surface area contributed by atoms with Gasteiger partial charge in [-0.05, 0) is 51.9 Å². The summed E-state index contributed by atoms with van der Waals surface area (Å²) in [6.45, 7) is 8.48. The number of hydrogen-bond acceptors (Lipinski definition) is 5. The molecule has 3 aromatic rings. The van der Waals surface area contributed by atoms with E-state index in [9.17, 15) is 4.79 Å². The molecular weight excluding hydrogens is 376 g/mol. The van der Waals surface area contributed by atoms with E-state index in [0.29, 0.717) is 17.8 Å². The van der Waals surface area contributed by atoms with Crippen LogP contribution in [0.3, 0.4) is 0 Å². The van der Waals surface area contributed by atoms with E-state index in [1.807, 2.05) is 18.2 Å². The number of rotatable bonds is 6. The van der Waals surface area contributed by atoms with Gasteiger partial charge >= 0.3 is 0 Å². The Bertz CT molecular complexity index is 960. The highest BCUT2D eigenvalue weighted by Gasteiger charge is 2.21. The van der Waals surface area contributed by atoms with Gasteiger partial charge in [-0.3, -0.25) is 9.69 Å². The van der Waals surface area contributed by atoms with Gasteiger partial charge in [0.05, 0.1) is 11.3 Å². The number of carbonyl (C=O) groups excluding carboxylic acids is 1. The first kappa shape index (κ1) is 20.2. The van der Waals surface area contributed by atoms with Gasteiger partial charge in [0.1, 0.15) is 6.33 Å². The summed E-state index contributed by atoms with van der Waals surface area (Å²) in [5.74, 6) is 1.38. The van der Waals surface area contributed by atoms with Gasteiger partial charge in [-0.25, -0.2) is 0 Å². The van der Waals surface area contributed by atoms with Crippen molar-refractivity contribution in [2.75, 3.05) is 13.1 Å². The number of tetrazole rings is 1. The monoisotopic (exact) mass is 404 g/mol. The third kappa shape index (κ3) is 4.91. The highest BCUT2D eigenvalue weighted by molar-refractivity contribution is 5.97. The van der Waals surface area contributed by atoms with E-state index in [1.165, 1.54) is 36.1 Å². The Kier molecular flexibility index (Phi) is 6.18. The molecule has 1 aliphatic heterocycles. The predicted molar refractivity (Wildman–Crippen MR) is 115 cm³/mol. The Labute approximate surface area is 177 Å². The highest BCUT2D eigenvalue weighted by Crippen LogP contribution is 2.22. The van der Waals surface area contributed by atoms with Crippen molar-refractivity contribution < 1.29 is 4.79 Å². The second-order valence-electron chi connectivity index (χ2n) is 8.41. The minimum Gasteiger partial charge on any atom is -0.348 e. The maximum atomic E-state index is 12.7. The van der Waals surface area contributed by atoms with Crippen molar-refractivity contribution in [3.8, 4) is 5.69 Å². The van der Waals surface area contributed by atoms with Gasteiger partial charge in [0.25, 0.3) is 5.91 Å². The number of hydrogen-bond donors (Lipinski definition) is 1. The van der Waals surface area contributed by atoms with Gasteiger partial charge in [-0.15, -0.1) is 5.10 Å². The summed E-state index contributed by atoms with van der Waals surface area (Å²) in [5, 5.41) is 14.2. The lowest BCUT2D eigenvalue weighted by Crippen LogP contribution is -2.38. The van der Waals surface area contributed by atoms with Crippen molar-refractivity contribution >= 4 is 5.91 Å². The lowest BCUT2D eigenvalue weighted by molar-refractivity contribution is 0.0950. The fraction of sp³-hybridized carbons (Fsp3) is 0.391. The molecule has 0 radical (unpaired) electrons. The number of aromatic nitrogens is 4. The molecule has 30 heavy (non-hydrogen) atoms. The average molecular weight is 405 g/mol. The number of para-hydroxylation sites is 1. The Morgan fingerprint density at radius 3 is 2.43 bits per heavy atom. The molecule has 7 nitrogen and oxygen atoms in total. The number of likely N-dealkylation sites (tertiary alicyclic amines) is 1. The number of nitrogens with zero attached hydrogens (tertiary/aromatic N) is 5. The Morgan fingerprint density at radius 2 is 1.73 bits per heavy atom. The molecule has 0 aliphatic carbocycles. The molecule has 2 aromatic carbocycles. The smallest absolute Gasteiger partial charge is 0.253 e. The Hall–Kier alpha value is -3.06. The zero-order chi connectivity index (χ0) is 20.9. The molecule has 4 rings (SSSR count). The zero-order valence-corrected chi connectivity index (χ0v) is 17.5. The average Bonchev–Trinajstić information content (AvgIpc) is 3.27. The van der Waals surface area contributed by atoms with Crippen LogP contribution < -0.4 is 5.32 Å². The predicted octanol–water partition coefficient (Wildman–Crippen LogP) is 3.07. The van der Waals surface area contributed by atoms with Crippen molar-refractivity contribution in [2.45, 2.75) is 33.4 Å². The van der Waals surface area contributed by atoms with Crippen molar-refractivity contribution in [2.24, 2.45) is 11.8 Å². The summed E-state index contributed by atoms with van der Waals surface area (Å²) in [6.07, 6.45) is 2.81. The SMILES string of the molecule is CC1CC(C)CN(Cc2ccc(CNC(=O)c3ccccc3-n3cnnn3)cc2)C1. The number of piperidine rings is 1. The molecule has 1 saturated heterocycles. The first-order chi connectivity index (χ1) is 14.6. The second-order valence-corrected chi connectivity index (χ2v) is 8.41. The van der Waals surface area contributed by atoms with Gasteiger partial charge < -0.3 is 5.32 Å². The third-order valence-electron chi connectivity index (χ3n) is 5.57.